The molecule has 0 saturated heterocycles. The van der Waals surface area contributed by atoms with Crippen LogP contribution in [0.2, 0.25) is 0 Å². The fourth-order valence-corrected chi connectivity index (χ4v) is 3.42. The maximum Gasteiger partial charge on any atom is 0.282 e. The molecule has 0 atom stereocenters. The highest BCUT2D eigenvalue weighted by atomic mass is 19.1. The standard InChI is InChI=1S/C25H21FN2O3/c1-3-31-21-6-4-5-20(15-21)28-24(29)22(17-9-7-16(2)8-10-17)23(25(28)30)27-19-13-11-18(26)12-14-19/h4-15,27H,3H2,1-2H3. The minimum absolute atomic E-state index is 0.141. The molecule has 3 aromatic rings. The van der Waals surface area contributed by atoms with Crippen molar-refractivity contribution in [3.05, 3.63) is 95.4 Å². The fraction of sp³-hybridized carbons (Fsp3) is 0.120. The van der Waals surface area contributed by atoms with Crippen molar-refractivity contribution in [3.63, 3.8) is 0 Å². The molecule has 156 valence electrons. The number of aryl methyl sites for hydroxylation is 1. The van der Waals surface area contributed by atoms with Gasteiger partial charge in [0.05, 0.1) is 17.9 Å². The zero-order valence-corrected chi connectivity index (χ0v) is 17.2. The molecule has 1 aliphatic rings. The van der Waals surface area contributed by atoms with Crippen LogP contribution in [0.25, 0.3) is 5.57 Å². The van der Waals surface area contributed by atoms with Crippen molar-refractivity contribution in [2.24, 2.45) is 0 Å². The van der Waals surface area contributed by atoms with E-state index in [1.54, 1.807) is 24.3 Å². The van der Waals surface area contributed by atoms with Gasteiger partial charge in [-0.25, -0.2) is 9.29 Å². The van der Waals surface area contributed by atoms with Gasteiger partial charge in [0, 0.05) is 11.8 Å². The van der Waals surface area contributed by atoms with Gasteiger partial charge in [0.2, 0.25) is 0 Å². The van der Waals surface area contributed by atoms with E-state index >= 15 is 0 Å². The first-order chi connectivity index (χ1) is 15.0. The molecular weight excluding hydrogens is 395 g/mol. The summed E-state index contributed by atoms with van der Waals surface area (Å²) in [7, 11) is 0. The predicted molar refractivity (Wildman–Crippen MR) is 118 cm³/mol. The summed E-state index contributed by atoms with van der Waals surface area (Å²) in [6.07, 6.45) is 0. The van der Waals surface area contributed by atoms with Crippen LogP contribution in [0, 0.1) is 12.7 Å². The summed E-state index contributed by atoms with van der Waals surface area (Å²) in [5, 5.41) is 3.02. The maximum absolute atomic E-state index is 13.4. The first-order valence-electron chi connectivity index (χ1n) is 9.93. The molecule has 0 radical (unpaired) electrons. The first-order valence-corrected chi connectivity index (χ1v) is 9.93. The summed E-state index contributed by atoms with van der Waals surface area (Å²) in [5.74, 6) is -0.746. The number of nitrogens with one attached hydrogen (secondary N) is 1. The summed E-state index contributed by atoms with van der Waals surface area (Å²) < 4.78 is 18.8. The van der Waals surface area contributed by atoms with Crippen LogP contribution in [-0.4, -0.2) is 18.4 Å². The molecule has 1 N–H and O–H groups in total. The number of nitrogens with zero attached hydrogens (tertiary/aromatic N) is 1. The van der Waals surface area contributed by atoms with Crippen molar-refractivity contribution in [2.45, 2.75) is 13.8 Å². The van der Waals surface area contributed by atoms with Gasteiger partial charge in [-0.3, -0.25) is 9.59 Å². The second kappa shape index (κ2) is 8.44. The Morgan fingerprint density at radius 3 is 2.32 bits per heavy atom. The van der Waals surface area contributed by atoms with Crippen LogP contribution in [-0.2, 0) is 9.59 Å². The molecule has 1 aliphatic heterocycles. The van der Waals surface area contributed by atoms with Gasteiger partial charge in [-0.05, 0) is 55.8 Å². The molecule has 5 nitrogen and oxygen atoms in total. The van der Waals surface area contributed by atoms with E-state index in [0.717, 1.165) is 10.5 Å². The fourth-order valence-electron chi connectivity index (χ4n) is 3.42. The topological polar surface area (TPSA) is 58.6 Å². The molecule has 0 spiro atoms. The number of benzene rings is 3. The third-order valence-electron chi connectivity index (χ3n) is 4.92. The lowest BCUT2D eigenvalue weighted by Crippen LogP contribution is -2.32. The highest BCUT2D eigenvalue weighted by molar-refractivity contribution is 6.46. The van der Waals surface area contributed by atoms with Crippen LogP contribution in [0.1, 0.15) is 18.1 Å². The van der Waals surface area contributed by atoms with Gasteiger partial charge < -0.3 is 10.1 Å². The third kappa shape index (κ3) is 4.05. The monoisotopic (exact) mass is 416 g/mol. The lowest BCUT2D eigenvalue weighted by Gasteiger charge is -2.16. The summed E-state index contributed by atoms with van der Waals surface area (Å²) >= 11 is 0. The van der Waals surface area contributed by atoms with Crippen LogP contribution in [0.4, 0.5) is 15.8 Å². The van der Waals surface area contributed by atoms with Crippen LogP contribution in [0.3, 0.4) is 0 Å². The van der Waals surface area contributed by atoms with Gasteiger partial charge in [-0.2, -0.15) is 0 Å². The largest absolute Gasteiger partial charge is 0.494 e. The van der Waals surface area contributed by atoms with Crippen LogP contribution < -0.4 is 15.0 Å². The number of carbonyl (C=O) groups excluding carboxylic acids is 2. The summed E-state index contributed by atoms with van der Waals surface area (Å²) in [6, 6.07) is 19.8. The molecule has 2 amide bonds. The van der Waals surface area contributed by atoms with Crippen LogP contribution >= 0.6 is 0 Å². The summed E-state index contributed by atoms with van der Waals surface area (Å²) in [5.41, 5.74) is 2.99. The van der Waals surface area contributed by atoms with Crippen LogP contribution in [0.15, 0.2) is 78.5 Å². The molecule has 0 unspecified atom stereocenters. The van der Waals surface area contributed by atoms with Gasteiger partial charge >= 0.3 is 0 Å². The van der Waals surface area contributed by atoms with Gasteiger partial charge in [-0.1, -0.05) is 35.9 Å². The number of imide groups is 1. The van der Waals surface area contributed by atoms with Crippen molar-refractivity contribution in [3.8, 4) is 5.75 Å². The van der Waals surface area contributed by atoms with Crippen molar-refractivity contribution in [1.29, 1.82) is 0 Å². The van der Waals surface area contributed by atoms with Crippen molar-refractivity contribution in [2.75, 3.05) is 16.8 Å². The Balaban J connectivity index is 1.79. The van der Waals surface area contributed by atoms with Gasteiger partial charge in [-0.15, -0.1) is 0 Å². The normalized spacial score (nSPS) is 13.7. The lowest BCUT2D eigenvalue weighted by molar-refractivity contribution is -0.120. The highest BCUT2D eigenvalue weighted by Crippen LogP contribution is 2.35. The number of amides is 2. The molecule has 0 saturated carbocycles. The second-order valence-electron chi connectivity index (χ2n) is 7.12. The van der Waals surface area contributed by atoms with Gasteiger partial charge in [0.1, 0.15) is 17.3 Å². The Labute approximate surface area is 179 Å². The van der Waals surface area contributed by atoms with Crippen molar-refractivity contribution in [1.82, 2.24) is 0 Å². The Morgan fingerprint density at radius 2 is 1.65 bits per heavy atom. The van der Waals surface area contributed by atoms with Gasteiger partial charge in [0.15, 0.2) is 0 Å². The average molecular weight is 416 g/mol. The molecule has 0 aliphatic carbocycles. The molecule has 0 fully saturated rings. The predicted octanol–water partition coefficient (Wildman–Crippen LogP) is 4.93. The third-order valence-corrected chi connectivity index (χ3v) is 4.92. The van der Waals surface area contributed by atoms with E-state index in [0.29, 0.717) is 29.3 Å². The van der Waals surface area contributed by atoms with Crippen molar-refractivity contribution < 1.29 is 18.7 Å². The number of carbonyl (C=O) groups is 2. The molecule has 31 heavy (non-hydrogen) atoms. The molecule has 1 heterocycles. The highest BCUT2D eigenvalue weighted by Gasteiger charge is 2.40. The van der Waals surface area contributed by atoms with E-state index < -0.39 is 11.8 Å². The van der Waals surface area contributed by atoms with E-state index in [-0.39, 0.29) is 17.1 Å². The summed E-state index contributed by atoms with van der Waals surface area (Å²) in [6.45, 7) is 4.28. The molecule has 6 heteroatoms. The molecule has 4 rings (SSSR count). The Bertz CT molecular complexity index is 1170. The molecular formula is C25H21FN2O3. The quantitative estimate of drug-likeness (QED) is 0.579. The first kappa shape index (κ1) is 20.3. The Morgan fingerprint density at radius 1 is 0.935 bits per heavy atom. The minimum atomic E-state index is -0.487. The maximum atomic E-state index is 13.4. The number of ether oxygens (including phenoxy) is 1. The Kier molecular flexibility index (Phi) is 5.54. The zero-order valence-electron chi connectivity index (χ0n) is 17.2. The number of rotatable bonds is 6. The zero-order chi connectivity index (χ0) is 22.0. The number of hydrogen-bond donors (Lipinski definition) is 1. The minimum Gasteiger partial charge on any atom is -0.494 e. The molecule has 0 aromatic heterocycles. The summed E-state index contributed by atoms with van der Waals surface area (Å²) in [4.78, 5) is 27.9. The van der Waals surface area contributed by atoms with E-state index in [9.17, 15) is 14.0 Å². The molecule has 0 bridgehead atoms. The SMILES string of the molecule is CCOc1cccc(N2C(=O)C(Nc3ccc(F)cc3)=C(c3ccc(C)cc3)C2=O)c1. The van der Waals surface area contributed by atoms with Crippen LogP contribution in [0.5, 0.6) is 5.75 Å². The number of halogens is 1. The number of hydrogen-bond acceptors (Lipinski definition) is 4. The smallest absolute Gasteiger partial charge is 0.282 e. The van der Waals surface area contributed by atoms with E-state index in [1.807, 2.05) is 38.1 Å². The van der Waals surface area contributed by atoms with E-state index in [2.05, 4.69) is 5.32 Å². The number of anilines is 2. The Hall–Kier alpha value is -3.93. The lowest BCUT2D eigenvalue weighted by atomic mass is 10.0. The van der Waals surface area contributed by atoms with Gasteiger partial charge in [0.25, 0.3) is 11.8 Å². The second-order valence-corrected chi connectivity index (χ2v) is 7.12. The van der Waals surface area contributed by atoms with E-state index in [1.165, 1.54) is 24.3 Å². The molecule has 3 aromatic carbocycles. The van der Waals surface area contributed by atoms with Crippen molar-refractivity contribution >= 4 is 28.8 Å². The average Bonchev–Trinajstić information content (AvgIpc) is 3.00. The van der Waals surface area contributed by atoms with E-state index in [4.69, 9.17) is 4.74 Å².